The Labute approximate surface area is 87.6 Å². The van der Waals surface area contributed by atoms with E-state index in [-0.39, 0.29) is 23.3 Å². The SMILES string of the molecule is CNC1CCc2cc(O)c(O)cc2C1=O. The summed E-state index contributed by atoms with van der Waals surface area (Å²) < 4.78 is 0. The summed E-state index contributed by atoms with van der Waals surface area (Å²) in [6, 6.07) is 2.63. The number of carbonyl (C=O) groups is 1. The minimum atomic E-state index is -0.237. The first-order chi connectivity index (χ1) is 7.13. The summed E-state index contributed by atoms with van der Waals surface area (Å²) in [5, 5.41) is 21.6. The maximum absolute atomic E-state index is 11.9. The molecule has 1 aliphatic carbocycles. The predicted octanol–water partition coefficient (Wildman–Crippen LogP) is 0.815. The number of fused-ring (bicyclic) bond motifs is 1. The molecule has 0 spiro atoms. The lowest BCUT2D eigenvalue weighted by Crippen LogP contribution is -2.37. The number of benzene rings is 1. The third kappa shape index (κ3) is 1.57. The molecule has 1 unspecified atom stereocenters. The first kappa shape index (κ1) is 9.98. The lowest BCUT2D eigenvalue weighted by molar-refractivity contribution is 0.0932. The van der Waals surface area contributed by atoms with Crippen molar-refractivity contribution < 1.29 is 15.0 Å². The van der Waals surface area contributed by atoms with Crippen LogP contribution in [0.4, 0.5) is 0 Å². The number of hydrogen-bond acceptors (Lipinski definition) is 4. The molecular formula is C11H13NO3. The number of phenols is 2. The van der Waals surface area contributed by atoms with E-state index in [4.69, 9.17) is 0 Å². The summed E-state index contributed by atoms with van der Waals surface area (Å²) in [6.07, 6.45) is 1.47. The highest BCUT2D eigenvalue weighted by Gasteiger charge is 2.27. The molecule has 0 amide bonds. The molecule has 0 aliphatic heterocycles. The van der Waals surface area contributed by atoms with Crippen LogP contribution in [-0.4, -0.2) is 29.1 Å². The fourth-order valence-electron chi connectivity index (χ4n) is 1.95. The van der Waals surface area contributed by atoms with Gasteiger partial charge in [0.2, 0.25) is 0 Å². The van der Waals surface area contributed by atoms with E-state index in [1.807, 2.05) is 0 Å². The van der Waals surface area contributed by atoms with E-state index >= 15 is 0 Å². The van der Waals surface area contributed by atoms with Crippen LogP contribution in [0.1, 0.15) is 22.3 Å². The largest absolute Gasteiger partial charge is 0.504 e. The number of hydrogen-bond donors (Lipinski definition) is 3. The van der Waals surface area contributed by atoms with Crippen molar-refractivity contribution >= 4 is 5.78 Å². The normalized spacial score (nSPS) is 20.1. The third-order valence-corrected chi connectivity index (χ3v) is 2.83. The Morgan fingerprint density at radius 1 is 1.33 bits per heavy atom. The van der Waals surface area contributed by atoms with Gasteiger partial charge in [-0.1, -0.05) is 0 Å². The molecule has 0 saturated heterocycles. The molecule has 1 aromatic carbocycles. The number of likely N-dealkylation sites (N-methyl/N-ethyl adjacent to an activating group) is 1. The first-order valence-corrected chi connectivity index (χ1v) is 4.90. The Morgan fingerprint density at radius 2 is 2.00 bits per heavy atom. The number of carbonyl (C=O) groups excluding carboxylic acids is 1. The second-order valence-electron chi connectivity index (χ2n) is 3.74. The molecule has 1 aliphatic rings. The molecule has 0 heterocycles. The fourth-order valence-corrected chi connectivity index (χ4v) is 1.95. The number of nitrogens with one attached hydrogen (secondary N) is 1. The van der Waals surface area contributed by atoms with Crippen LogP contribution in [0.2, 0.25) is 0 Å². The van der Waals surface area contributed by atoms with Gasteiger partial charge in [0.25, 0.3) is 0 Å². The zero-order chi connectivity index (χ0) is 11.0. The van der Waals surface area contributed by atoms with Crippen LogP contribution < -0.4 is 5.32 Å². The monoisotopic (exact) mass is 207 g/mol. The highest BCUT2D eigenvalue weighted by Crippen LogP contribution is 2.32. The maximum Gasteiger partial charge on any atom is 0.180 e. The van der Waals surface area contributed by atoms with Gasteiger partial charge < -0.3 is 15.5 Å². The highest BCUT2D eigenvalue weighted by molar-refractivity contribution is 6.02. The van der Waals surface area contributed by atoms with Crippen molar-refractivity contribution in [1.29, 1.82) is 0 Å². The molecule has 1 atom stereocenters. The molecule has 15 heavy (non-hydrogen) atoms. The van der Waals surface area contributed by atoms with Gasteiger partial charge >= 0.3 is 0 Å². The predicted molar refractivity (Wildman–Crippen MR) is 55.3 cm³/mol. The summed E-state index contributed by atoms with van der Waals surface area (Å²) >= 11 is 0. The number of Topliss-reactive ketones (excluding diaryl/α,β-unsaturated/α-hetero) is 1. The van der Waals surface area contributed by atoms with E-state index in [1.54, 1.807) is 7.05 Å². The molecule has 1 aromatic rings. The smallest absolute Gasteiger partial charge is 0.180 e. The molecule has 3 N–H and O–H groups in total. The Kier molecular flexibility index (Phi) is 2.36. The highest BCUT2D eigenvalue weighted by atomic mass is 16.3. The van der Waals surface area contributed by atoms with Gasteiger partial charge in [0.05, 0.1) is 6.04 Å². The third-order valence-electron chi connectivity index (χ3n) is 2.83. The average molecular weight is 207 g/mol. The number of aryl methyl sites for hydroxylation is 1. The lowest BCUT2D eigenvalue weighted by atomic mass is 9.87. The summed E-state index contributed by atoms with van der Waals surface area (Å²) in [7, 11) is 1.74. The Morgan fingerprint density at radius 3 is 2.67 bits per heavy atom. The van der Waals surface area contributed by atoms with Gasteiger partial charge in [-0.05, 0) is 37.6 Å². The number of ketones is 1. The Bertz CT molecular complexity index is 415. The zero-order valence-corrected chi connectivity index (χ0v) is 8.45. The van der Waals surface area contributed by atoms with E-state index < -0.39 is 0 Å². The molecule has 0 bridgehead atoms. The minimum Gasteiger partial charge on any atom is -0.504 e. The molecule has 0 saturated carbocycles. The fraction of sp³-hybridized carbons (Fsp3) is 0.364. The van der Waals surface area contributed by atoms with Gasteiger partial charge in [-0.2, -0.15) is 0 Å². The standard InChI is InChI=1S/C11H13NO3/c1-12-8-3-2-6-4-9(13)10(14)5-7(6)11(8)15/h4-5,8,12-14H,2-3H2,1H3. The van der Waals surface area contributed by atoms with Crippen molar-refractivity contribution in [3.8, 4) is 11.5 Å². The molecule has 0 fully saturated rings. The molecule has 0 aromatic heterocycles. The second kappa shape index (κ2) is 3.55. The summed E-state index contributed by atoms with van der Waals surface area (Å²) in [6.45, 7) is 0. The molecule has 80 valence electrons. The molecule has 4 heteroatoms. The first-order valence-electron chi connectivity index (χ1n) is 4.90. The van der Waals surface area contributed by atoms with Crippen molar-refractivity contribution in [1.82, 2.24) is 5.32 Å². The van der Waals surface area contributed by atoms with Crippen molar-refractivity contribution in [2.75, 3.05) is 7.05 Å². The van der Waals surface area contributed by atoms with Gasteiger partial charge in [-0.3, -0.25) is 4.79 Å². The van der Waals surface area contributed by atoms with Crippen LogP contribution in [0, 0.1) is 0 Å². The van der Waals surface area contributed by atoms with E-state index in [0.717, 1.165) is 18.4 Å². The van der Waals surface area contributed by atoms with Crippen LogP contribution in [0.5, 0.6) is 11.5 Å². The summed E-state index contributed by atoms with van der Waals surface area (Å²) in [5.41, 5.74) is 1.32. The van der Waals surface area contributed by atoms with Gasteiger partial charge in [0.15, 0.2) is 17.3 Å². The van der Waals surface area contributed by atoms with Crippen LogP contribution >= 0.6 is 0 Å². The summed E-state index contributed by atoms with van der Waals surface area (Å²) in [4.78, 5) is 11.9. The Hall–Kier alpha value is -1.55. The second-order valence-corrected chi connectivity index (χ2v) is 3.74. The summed E-state index contributed by atoms with van der Waals surface area (Å²) in [5.74, 6) is -0.419. The molecule has 4 nitrogen and oxygen atoms in total. The topological polar surface area (TPSA) is 69.6 Å². The van der Waals surface area contributed by atoms with Crippen LogP contribution in [-0.2, 0) is 6.42 Å². The van der Waals surface area contributed by atoms with E-state index in [1.165, 1.54) is 12.1 Å². The van der Waals surface area contributed by atoms with Gasteiger partial charge in [0, 0.05) is 5.56 Å². The van der Waals surface area contributed by atoms with E-state index in [0.29, 0.717) is 5.56 Å². The van der Waals surface area contributed by atoms with Crippen molar-refractivity contribution in [3.05, 3.63) is 23.3 Å². The van der Waals surface area contributed by atoms with Gasteiger partial charge in [0.1, 0.15) is 0 Å². The molecule has 0 radical (unpaired) electrons. The van der Waals surface area contributed by atoms with Crippen LogP contribution in [0.3, 0.4) is 0 Å². The van der Waals surface area contributed by atoms with Crippen molar-refractivity contribution in [2.24, 2.45) is 0 Å². The number of rotatable bonds is 1. The van der Waals surface area contributed by atoms with Gasteiger partial charge in [-0.25, -0.2) is 0 Å². The zero-order valence-electron chi connectivity index (χ0n) is 8.45. The van der Waals surface area contributed by atoms with E-state index in [9.17, 15) is 15.0 Å². The lowest BCUT2D eigenvalue weighted by Gasteiger charge is -2.23. The Balaban J connectivity index is 2.48. The van der Waals surface area contributed by atoms with Gasteiger partial charge in [-0.15, -0.1) is 0 Å². The number of phenolic OH excluding ortho intramolecular Hbond substituents is 2. The minimum absolute atomic E-state index is 0.0194. The quantitative estimate of drug-likeness (QED) is 0.596. The average Bonchev–Trinajstić information content (AvgIpc) is 2.22. The van der Waals surface area contributed by atoms with E-state index in [2.05, 4.69) is 5.32 Å². The number of aromatic hydroxyl groups is 2. The molecular weight excluding hydrogens is 194 g/mol. The van der Waals surface area contributed by atoms with Crippen LogP contribution in [0.25, 0.3) is 0 Å². The van der Waals surface area contributed by atoms with Crippen LogP contribution in [0.15, 0.2) is 12.1 Å². The van der Waals surface area contributed by atoms with Crippen molar-refractivity contribution in [3.63, 3.8) is 0 Å². The maximum atomic E-state index is 11.9. The van der Waals surface area contributed by atoms with Crippen molar-refractivity contribution in [2.45, 2.75) is 18.9 Å². The molecule has 2 rings (SSSR count).